The van der Waals surface area contributed by atoms with Crippen LogP contribution in [-0.2, 0) is 11.3 Å². The second-order valence-corrected chi connectivity index (χ2v) is 7.70. The monoisotopic (exact) mass is 447 g/mol. The van der Waals surface area contributed by atoms with Gasteiger partial charge < -0.3 is 20.3 Å². The van der Waals surface area contributed by atoms with Gasteiger partial charge in [0.05, 0.1) is 41.6 Å². The maximum atomic E-state index is 13.5. The molecular weight excluding hydrogens is 425 g/mol. The molecule has 0 radical (unpaired) electrons. The van der Waals surface area contributed by atoms with Crippen LogP contribution in [0.25, 0.3) is 17.0 Å². The van der Waals surface area contributed by atoms with Gasteiger partial charge in [-0.1, -0.05) is 6.07 Å². The van der Waals surface area contributed by atoms with Crippen LogP contribution in [0.1, 0.15) is 15.9 Å². The summed E-state index contributed by atoms with van der Waals surface area (Å²) >= 11 is 0. The first-order chi connectivity index (χ1) is 16.0. The summed E-state index contributed by atoms with van der Waals surface area (Å²) in [5, 5.41) is 6.15. The minimum Gasteiger partial charge on any atom is -0.383 e. The van der Waals surface area contributed by atoms with E-state index >= 15 is 0 Å². The summed E-state index contributed by atoms with van der Waals surface area (Å²) in [6.45, 7) is 1.77. The van der Waals surface area contributed by atoms with Crippen molar-refractivity contribution < 1.29 is 13.9 Å². The van der Waals surface area contributed by atoms with Crippen molar-refractivity contribution in [2.75, 3.05) is 37.5 Å². The fourth-order valence-electron chi connectivity index (χ4n) is 3.92. The Morgan fingerprint density at radius 3 is 2.88 bits per heavy atom. The molecule has 10 heteroatoms. The highest BCUT2D eigenvalue weighted by molar-refractivity contribution is 6.06. The number of anilines is 3. The molecular formula is C23H22FN7O2. The van der Waals surface area contributed by atoms with Crippen molar-refractivity contribution in [2.45, 2.75) is 6.54 Å². The largest absolute Gasteiger partial charge is 0.383 e. The fraction of sp³-hybridized carbons (Fsp3) is 0.217. The van der Waals surface area contributed by atoms with E-state index in [0.717, 1.165) is 29.1 Å². The van der Waals surface area contributed by atoms with Crippen LogP contribution in [0.5, 0.6) is 0 Å². The third-order valence-electron chi connectivity index (χ3n) is 5.67. The lowest BCUT2D eigenvalue weighted by Gasteiger charge is -2.19. The number of nitrogens with one attached hydrogen (secondary N) is 2. The number of methoxy groups -OCH3 is 1. The zero-order chi connectivity index (χ0) is 22.9. The number of ether oxygens (including phenoxy) is 1. The van der Waals surface area contributed by atoms with Gasteiger partial charge in [-0.15, -0.1) is 0 Å². The van der Waals surface area contributed by atoms with E-state index in [1.807, 2.05) is 31.3 Å². The highest BCUT2D eigenvalue weighted by Crippen LogP contribution is 2.35. The summed E-state index contributed by atoms with van der Waals surface area (Å²) in [5.41, 5.74) is 4.59. The van der Waals surface area contributed by atoms with Gasteiger partial charge >= 0.3 is 0 Å². The van der Waals surface area contributed by atoms with Gasteiger partial charge in [-0.2, -0.15) is 9.37 Å². The zero-order valence-corrected chi connectivity index (χ0v) is 18.2. The number of likely N-dealkylation sites (N-methyl/N-ethyl adjacent to an activating group) is 1. The van der Waals surface area contributed by atoms with E-state index in [-0.39, 0.29) is 11.7 Å². The molecule has 0 unspecified atom stereocenters. The van der Waals surface area contributed by atoms with Gasteiger partial charge in [0, 0.05) is 45.1 Å². The lowest BCUT2D eigenvalue weighted by atomic mass is 9.99. The van der Waals surface area contributed by atoms with Gasteiger partial charge in [0.2, 0.25) is 11.7 Å². The first-order valence-electron chi connectivity index (χ1n) is 10.4. The minimum atomic E-state index is -0.593. The van der Waals surface area contributed by atoms with Crippen LogP contribution in [0.4, 0.5) is 21.6 Å². The lowest BCUT2D eigenvalue weighted by Crippen LogP contribution is -2.22. The van der Waals surface area contributed by atoms with Gasteiger partial charge in [0.15, 0.2) is 0 Å². The van der Waals surface area contributed by atoms with Gasteiger partial charge in [0.25, 0.3) is 5.91 Å². The maximum Gasteiger partial charge on any atom is 0.254 e. The van der Waals surface area contributed by atoms with Crippen molar-refractivity contribution in [1.29, 1.82) is 0 Å². The number of nitrogens with zero attached hydrogens (tertiary/aromatic N) is 5. The highest BCUT2D eigenvalue weighted by Gasteiger charge is 2.27. The van der Waals surface area contributed by atoms with Gasteiger partial charge in [-0.3, -0.25) is 9.20 Å². The second-order valence-electron chi connectivity index (χ2n) is 7.70. The average Bonchev–Trinajstić information content (AvgIpc) is 3.42. The standard InChI is InChI=1S/C23H22FN7O2/c1-30(9-10-33-2)14-3-6-20(25-11-14)28-17-5-4-15(16-12-26-22(32)21(16)17)18-13-27-23-29-19(24)7-8-31(18)23/h3-8,11,13H,9-10,12H2,1-2H3,(H,25,28)(H,26,32). The molecule has 0 atom stereocenters. The second kappa shape index (κ2) is 8.47. The summed E-state index contributed by atoms with van der Waals surface area (Å²) in [7, 11) is 3.65. The normalized spacial score (nSPS) is 12.6. The topological polar surface area (TPSA) is 96.7 Å². The smallest absolute Gasteiger partial charge is 0.254 e. The molecule has 5 rings (SSSR count). The molecule has 0 saturated heterocycles. The molecule has 1 aromatic carbocycles. The predicted octanol–water partition coefficient (Wildman–Crippen LogP) is 3.00. The number of carbonyl (C=O) groups is 1. The van der Waals surface area contributed by atoms with Crippen LogP contribution >= 0.6 is 0 Å². The molecule has 1 aliphatic heterocycles. The number of hydrogen-bond acceptors (Lipinski definition) is 7. The van der Waals surface area contributed by atoms with E-state index in [1.54, 1.807) is 30.1 Å². The Labute approximate surface area is 189 Å². The molecule has 9 nitrogen and oxygen atoms in total. The number of fused-ring (bicyclic) bond motifs is 2. The molecule has 168 valence electrons. The Bertz CT molecular complexity index is 1340. The number of carbonyl (C=O) groups excluding carboxylic acids is 1. The first kappa shape index (κ1) is 20.8. The quantitative estimate of drug-likeness (QED) is 0.421. The Kier molecular flexibility index (Phi) is 5.35. The minimum absolute atomic E-state index is 0.164. The summed E-state index contributed by atoms with van der Waals surface area (Å²) in [6, 6.07) is 8.87. The van der Waals surface area contributed by atoms with Crippen molar-refractivity contribution in [1.82, 2.24) is 24.7 Å². The average molecular weight is 447 g/mol. The molecule has 0 saturated carbocycles. The summed E-state index contributed by atoms with van der Waals surface area (Å²) in [6.07, 6.45) is 4.99. The molecule has 0 spiro atoms. The lowest BCUT2D eigenvalue weighted by molar-refractivity contribution is 0.0966. The number of hydrogen-bond donors (Lipinski definition) is 2. The molecule has 1 aliphatic rings. The van der Waals surface area contributed by atoms with Gasteiger partial charge in [0.1, 0.15) is 5.82 Å². The molecule has 4 heterocycles. The number of halogens is 1. The van der Waals surface area contributed by atoms with Crippen molar-refractivity contribution >= 4 is 28.9 Å². The number of rotatable bonds is 7. The molecule has 0 aliphatic carbocycles. The highest BCUT2D eigenvalue weighted by atomic mass is 19.1. The van der Waals surface area contributed by atoms with E-state index in [1.165, 1.54) is 6.07 Å². The Balaban J connectivity index is 1.47. The van der Waals surface area contributed by atoms with Crippen molar-refractivity contribution in [3.05, 3.63) is 66.0 Å². The van der Waals surface area contributed by atoms with Gasteiger partial charge in [-0.25, -0.2) is 9.97 Å². The number of imidazole rings is 1. The third-order valence-corrected chi connectivity index (χ3v) is 5.67. The van der Waals surface area contributed by atoms with Crippen molar-refractivity contribution in [2.24, 2.45) is 0 Å². The summed E-state index contributed by atoms with van der Waals surface area (Å²) < 4.78 is 20.3. The molecule has 3 aromatic heterocycles. The first-order valence-corrected chi connectivity index (χ1v) is 10.4. The Morgan fingerprint density at radius 1 is 1.21 bits per heavy atom. The molecule has 33 heavy (non-hydrogen) atoms. The SMILES string of the molecule is COCCN(C)c1ccc(Nc2ccc(-c3cnc4nc(F)ccn34)c3c2C(=O)NC3)nc1. The van der Waals surface area contributed by atoms with Crippen LogP contribution in [-0.4, -0.2) is 52.6 Å². The number of amides is 1. The van der Waals surface area contributed by atoms with Crippen molar-refractivity contribution in [3.63, 3.8) is 0 Å². The number of pyridine rings is 1. The van der Waals surface area contributed by atoms with E-state index in [2.05, 4.69) is 30.5 Å². The third kappa shape index (κ3) is 3.85. The van der Waals surface area contributed by atoms with Crippen molar-refractivity contribution in [3.8, 4) is 11.3 Å². The predicted molar refractivity (Wildman–Crippen MR) is 122 cm³/mol. The van der Waals surface area contributed by atoms with Crippen LogP contribution in [0, 0.1) is 5.95 Å². The zero-order valence-electron chi connectivity index (χ0n) is 18.2. The van der Waals surface area contributed by atoms with Crippen LogP contribution in [0.15, 0.2) is 48.9 Å². The summed E-state index contributed by atoms with van der Waals surface area (Å²) in [5.74, 6) is 0.133. The fourth-order valence-corrected chi connectivity index (χ4v) is 3.92. The van der Waals surface area contributed by atoms with E-state index in [9.17, 15) is 9.18 Å². The number of aromatic nitrogens is 4. The Hall–Kier alpha value is -4.05. The number of benzene rings is 1. The van der Waals surface area contributed by atoms with Gasteiger partial charge in [-0.05, 0) is 23.8 Å². The molecule has 0 fully saturated rings. The molecule has 1 amide bonds. The van der Waals surface area contributed by atoms with E-state index in [4.69, 9.17) is 4.74 Å². The maximum absolute atomic E-state index is 13.5. The van der Waals surface area contributed by atoms with Crippen LogP contribution in [0.3, 0.4) is 0 Å². The molecule has 0 bridgehead atoms. The van der Waals surface area contributed by atoms with Crippen LogP contribution < -0.4 is 15.5 Å². The summed E-state index contributed by atoms with van der Waals surface area (Å²) in [4.78, 5) is 27.2. The molecule has 4 aromatic rings. The van der Waals surface area contributed by atoms with Crippen LogP contribution in [0.2, 0.25) is 0 Å². The Morgan fingerprint density at radius 2 is 2.09 bits per heavy atom. The van der Waals surface area contributed by atoms with E-state index in [0.29, 0.717) is 30.2 Å². The van der Waals surface area contributed by atoms with E-state index < -0.39 is 5.95 Å². The molecule has 2 N–H and O–H groups in total.